The molecule has 3 heteroatoms. The van der Waals surface area contributed by atoms with Gasteiger partial charge in [-0.25, -0.2) is 4.79 Å². The molecule has 0 aliphatic carbocycles. The van der Waals surface area contributed by atoms with Crippen LogP contribution in [0, 0.1) is 11.3 Å². The summed E-state index contributed by atoms with van der Waals surface area (Å²) in [5, 5.41) is 9.14. The summed E-state index contributed by atoms with van der Waals surface area (Å²) in [7, 11) is 0. The lowest BCUT2D eigenvalue weighted by atomic mass is 9.75. The minimum Gasteiger partial charge on any atom is -0.465 e. The van der Waals surface area contributed by atoms with Crippen molar-refractivity contribution < 1.29 is 9.90 Å². The molecule has 0 spiro atoms. The van der Waals surface area contributed by atoms with Crippen molar-refractivity contribution in [1.29, 1.82) is 0 Å². The van der Waals surface area contributed by atoms with Crippen molar-refractivity contribution >= 4 is 11.7 Å². The molecule has 0 bridgehead atoms. The molecule has 0 saturated carbocycles. The number of carbonyl (C=O) groups is 1. The molecule has 1 aliphatic rings. The van der Waals surface area contributed by atoms with Crippen molar-refractivity contribution in [3.63, 3.8) is 0 Å². The predicted molar refractivity (Wildman–Crippen MR) is 72.1 cm³/mol. The van der Waals surface area contributed by atoms with E-state index in [1.165, 1.54) is 4.90 Å². The molecular formula is C15H19NO2. The van der Waals surface area contributed by atoms with Gasteiger partial charge in [-0.3, -0.25) is 4.90 Å². The number of carboxylic acid groups (broad SMARTS) is 1. The lowest BCUT2D eigenvalue weighted by Crippen LogP contribution is -2.30. The monoisotopic (exact) mass is 245 g/mol. The largest absolute Gasteiger partial charge is 0.465 e. The predicted octanol–water partition coefficient (Wildman–Crippen LogP) is 3.68. The van der Waals surface area contributed by atoms with Gasteiger partial charge >= 0.3 is 6.09 Å². The van der Waals surface area contributed by atoms with Crippen LogP contribution in [0.1, 0.15) is 26.3 Å². The van der Waals surface area contributed by atoms with Crippen LogP contribution in [0.15, 0.2) is 36.5 Å². The molecular weight excluding hydrogens is 226 g/mol. The normalized spacial score (nSPS) is 19.8. The van der Waals surface area contributed by atoms with Crippen LogP contribution in [0.4, 0.5) is 4.79 Å². The summed E-state index contributed by atoms with van der Waals surface area (Å²) in [4.78, 5) is 12.5. The van der Waals surface area contributed by atoms with E-state index in [1.807, 2.05) is 30.3 Å². The zero-order chi connectivity index (χ0) is 13.3. The molecule has 96 valence electrons. The average molecular weight is 245 g/mol. The van der Waals surface area contributed by atoms with E-state index in [4.69, 9.17) is 5.11 Å². The van der Waals surface area contributed by atoms with Gasteiger partial charge in [0.15, 0.2) is 0 Å². The fourth-order valence-corrected chi connectivity index (χ4v) is 2.39. The zero-order valence-electron chi connectivity index (χ0n) is 11.1. The Morgan fingerprint density at radius 1 is 1.28 bits per heavy atom. The second-order valence-corrected chi connectivity index (χ2v) is 5.80. The second kappa shape index (κ2) is 4.48. The van der Waals surface area contributed by atoms with Crippen molar-refractivity contribution in [2.24, 2.45) is 11.3 Å². The van der Waals surface area contributed by atoms with Gasteiger partial charge < -0.3 is 5.11 Å². The van der Waals surface area contributed by atoms with Gasteiger partial charge in [0.2, 0.25) is 0 Å². The minimum absolute atomic E-state index is 0.0475. The maximum Gasteiger partial charge on any atom is 0.411 e. The molecule has 1 amide bonds. The molecule has 2 rings (SSSR count). The fraction of sp³-hybridized carbons (Fsp3) is 0.400. The summed E-state index contributed by atoms with van der Waals surface area (Å²) < 4.78 is 0. The smallest absolute Gasteiger partial charge is 0.411 e. The van der Waals surface area contributed by atoms with Crippen molar-refractivity contribution in [2.45, 2.75) is 20.8 Å². The van der Waals surface area contributed by atoms with E-state index < -0.39 is 6.09 Å². The Kier molecular flexibility index (Phi) is 3.16. The molecule has 0 unspecified atom stereocenters. The highest BCUT2D eigenvalue weighted by Crippen LogP contribution is 2.41. The summed E-state index contributed by atoms with van der Waals surface area (Å²) >= 11 is 0. The second-order valence-electron chi connectivity index (χ2n) is 5.80. The van der Waals surface area contributed by atoms with E-state index in [0.29, 0.717) is 6.54 Å². The Labute approximate surface area is 108 Å². The Morgan fingerprint density at radius 3 is 2.39 bits per heavy atom. The standard InChI is InChI=1S/C15H19NO2/c1-15(2,3)13-10-16(14(17)18)9-12(13)11-7-5-4-6-8-11/h4-9,13H,10H2,1-3H3,(H,17,18)/t13-/m0/s1. The first-order valence-corrected chi connectivity index (χ1v) is 6.16. The number of rotatable bonds is 1. The van der Waals surface area contributed by atoms with E-state index >= 15 is 0 Å². The summed E-state index contributed by atoms with van der Waals surface area (Å²) in [6, 6.07) is 10.0. The van der Waals surface area contributed by atoms with Gasteiger partial charge in [-0.15, -0.1) is 0 Å². The third-order valence-electron chi connectivity index (χ3n) is 3.45. The molecule has 0 saturated heterocycles. The maximum atomic E-state index is 11.1. The van der Waals surface area contributed by atoms with Gasteiger partial charge in [0.1, 0.15) is 0 Å². The minimum atomic E-state index is -0.879. The van der Waals surface area contributed by atoms with E-state index in [-0.39, 0.29) is 11.3 Å². The van der Waals surface area contributed by atoms with Crippen LogP contribution in [-0.4, -0.2) is 22.6 Å². The third-order valence-corrected chi connectivity index (χ3v) is 3.45. The highest BCUT2D eigenvalue weighted by molar-refractivity contribution is 5.77. The van der Waals surface area contributed by atoms with Gasteiger partial charge in [0, 0.05) is 18.7 Å². The number of hydrogen-bond donors (Lipinski definition) is 1. The molecule has 1 aliphatic heterocycles. The molecule has 1 atom stereocenters. The van der Waals surface area contributed by atoms with Crippen LogP contribution in [-0.2, 0) is 0 Å². The number of amides is 1. The molecule has 1 N–H and O–H groups in total. The molecule has 3 nitrogen and oxygen atoms in total. The van der Waals surface area contributed by atoms with Gasteiger partial charge in [-0.1, -0.05) is 51.1 Å². The van der Waals surface area contributed by atoms with Gasteiger partial charge in [-0.2, -0.15) is 0 Å². The molecule has 1 heterocycles. The van der Waals surface area contributed by atoms with Crippen LogP contribution in [0.25, 0.3) is 5.57 Å². The molecule has 0 aromatic heterocycles. The lowest BCUT2D eigenvalue weighted by Gasteiger charge is -2.29. The lowest BCUT2D eigenvalue weighted by molar-refractivity contribution is 0.156. The Balaban J connectivity index is 2.40. The quantitative estimate of drug-likeness (QED) is 0.819. The average Bonchev–Trinajstić information content (AvgIpc) is 2.74. The Morgan fingerprint density at radius 2 is 1.89 bits per heavy atom. The first kappa shape index (κ1) is 12.7. The van der Waals surface area contributed by atoms with E-state index in [0.717, 1.165) is 11.1 Å². The van der Waals surface area contributed by atoms with E-state index in [9.17, 15) is 4.79 Å². The summed E-state index contributed by atoms with van der Waals surface area (Å²) in [5.41, 5.74) is 2.28. The first-order valence-electron chi connectivity index (χ1n) is 6.16. The van der Waals surface area contributed by atoms with Crippen molar-refractivity contribution in [3.05, 3.63) is 42.1 Å². The number of hydrogen-bond acceptors (Lipinski definition) is 1. The van der Waals surface area contributed by atoms with Gasteiger partial charge in [0.05, 0.1) is 0 Å². The Hall–Kier alpha value is -1.77. The van der Waals surface area contributed by atoms with Crippen molar-refractivity contribution in [1.82, 2.24) is 4.90 Å². The first-order chi connectivity index (χ1) is 8.39. The summed E-state index contributed by atoms with van der Waals surface area (Å²) in [5.74, 6) is 0.232. The molecule has 1 aromatic carbocycles. The fourth-order valence-electron chi connectivity index (χ4n) is 2.39. The molecule has 18 heavy (non-hydrogen) atoms. The van der Waals surface area contributed by atoms with Crippen LogP contribution in [0.2, 0.25) is 0 Å². The topological polar surface area (TPSA) is 40.5 Å². The molecule has 0 fully saturated rings. The zero-order valence-corrected chi connectivity index (χ0v) is 11.1. The van der Waals surface area contributed by atoms with Crippen LogP contribution >= 0.6 is 0 Å². The van der Waals surface area contributed by atoms with Crippen molar-refractivity contribution in [3.8, 4) is 0 Å². The highest BCUT2D eigenvalue weighted by atomic mass is 16.4. The maximum absolute atomic E-state index is 11.1. The van der Waals surface area contributed by atoms with E-state index in [1.54, 1.807) is 6.20 Å². The molecule has 0 radical (unpaired) electrons. The molecule has 1 aromatic rings. The SMILES string of the molecule is CC(C)(C)[C@H]1CN(C(=O)O)C=C1c1ccccc1. The van der Waals surface area contributed by atoms with Crippen LogP contribution in [0.5, 0.6) is 0 Å². The number of benzene rings is 1. The van der Waals surface area contributed by atoms with E-state index in [2.05, 4.69) is 20.8 Å². The van der Waals surface area contributed by atoms with Crippen LogP contribution < -0.4 is 0 Å². The van der Waals surface area contributed by atoms with Gasteiger partial charge in [0.25, 0.3) is 0 Å². The summed E-state index contributed by atoms with van der Waals surface area (Å²) in [6.07, 6.45) is 0.892. The van der Waals surface area contributed by atoms with Gasteiger partial charge in [-0.05, 0) is 16.6 Å². The summed E-state index contributed by atoms with van der Waals surface area (Å²) in [6.45, 7) is 7.00. The highest BCUT2D eigenvalue weighted by Gasteiger charge is 2.36. The third kappa shape index (κ3) is 2.40. The number of nitrogens with zero attached hydrogens (tertiary/aromatic N) is 1. The van der Waals surface area contributed by atoms with Crippen molar-refractivity contribution in [2.75, 3.05) is 6.54 Å². The van der Waals surface area contributed by atoms with Crippen LogP contribution in [0.3, 0.4) is 0 Å². The Bertz CT molecular complexity index is 471.